The van der Waals surface area contributed by atoms with E-state index in [4.69, 9.17) is 9.47 Å². The molecular formula is C8H8FIO2. The van der Waals surface area contributed by atoms with Crippen LogP contribution in [-0.2, 0) is 0 Å². The quantitative estimate of drug-likeness (QED) is 0.776. The van der Waals surface area contributed by atoms with Gasteiger partial charge in [-0.15, -0.1) is 0 Å². The van der Waals surface area contributed by atoms with Crippen LogP contribution < -0.4 is 9.47 Å². The summed E-state index contributed by atoms with van der Waals surface area (Å²) in [6.45, 7) is 0. The second-order valence-corrected chi connectivity index (χ2v) is 3.20. The van der Waals surface area contributed by atoms with Gasteiger partial charge in [0, 0.05) is 12.1 Å². The van der Waals surface area contributed by atoms with Crippen molar-refractivity contribution in [2.75, 3.05) is 14.2 Å². The van der Waals surface area contributed by atoms with Crippen molar-refractivity contribution < 1.29 is 13.9 Å². The standard InChI is InChI=1S/C8H8FIO2/c1-11-5-3-6(9)8(10)7(4-5)12-2/h3-4H,1-2H3. The molecule has 0 aromatic heterocycles. The van der Waals surface area contributed by atoms with Crippen molar-refractivity contribution in [3.63, 3.8) is 0 Å². The number of rotatable bonds is 2. The van der Waals surface area contributed by atoms with Crippen LogP contribution in [0.25, 0.3) is 0 Å². The number of methoxy groups -OCH3 is 2. The molecule has 0 heterocycles. The van der Waals surface area contributed by atoms with E-state index in [0.29, 0.717) is 15.1 Å². The summed E-state index contributed by atoms with van der Waals surface area (Å²) in [5.74, 6) is 0.629. The lowest BCUT2D eigenvalue weighted by Gasteiger charge is -2.06. The maximum atomic E-state index is 13.0. The Morgan fingerprint density at radius 3 is 2.42 bits per heavy atom. The lowest BCUT2D eigenvalue weighted by molar-refractivity contribution is 0.386. The lowest BCUT2D eigenvalue weighted by atomic mass is 10.3. The zero-order chi connectivity index (χ0) is 9.14. The van der Waals surface area contributed by atoms with E-state index in [0.717, 1.165) is 0 Å². The number of ether oxygens (including phenoxy) is 2. The first-order valence-corrected chi connectivity index (χ1v) is 4.34. The van der Waals surface area contributed by atoms with E-state index in [1.807, 2.05) is 22.6 Å². The van der Waals surface area contributed by atoms with E-state index >= 15 is 0 Å². The monoisotopic (exact) mass is 282 g/mol. The Labute approximate surface area is 83.8 Å². The summed E-state index contributed by atoms with van der Waals surface area (Å²) in [4.78, 5) is 0. The third-order valence-corrected chi connectivity index (χ3v) is 2.47. The van der Waals surface area contributed by atoms with Crippen molar-refractivity contribution in [1.82, 2.24) is 0 Å². The molecule has 12 heavy (non-hydrogen) atoms. The molecule has 0 aliphatic heterocycles. The first kappa shape index (κ1) is 9.57. The van der Waals surface area contributed by atoms with Gasteiger partial charge in [0.25, 0.3) is 0 Å². The van der Waals surface area contributed by atoms with E-state index in [9.17, 15) is 4.39 Å². The molecule has 1 aromatic rings. The average Bonchev–Trinajstić information content (AvgIpc) is 2.09. The molecule has 0 N–H and O–H groups in total. The Morgan fingerprint density at radius 1 is 1.25 bits per heavy atom. The fraction of sp³-hybridized carbons (Fsp3) is 0.250. The van der Waals surface area contributed by atoms with E-state index in [1.54, 1.807) is 6.07 Å². The highest BCUT2D eigenvalue weighted by Crippen LogP contribution is 2.28. The Bertz CT molecular complexity index is 289. The summed E-state index contributed by atoms with van der Waals surface area (Å²) in [6, 6.07) is 2.97. The minimum absolute atomic E-state index is 0.327. The molecule has 4 heteroatoms. The van der Waals surface area contributed by atoms with Crippen molar-refractivity contribution >= 4 is 22.6 Å². The van der Waals surface area contributed by atoms with Crippen molar-refractivity contribution in [3.8, 4) is 11.5 Å². The highest BCUT2D eigenvalue weighted by molar-refractivity contribution is 14.1. The van der Waals surface area contributed by atoms with Gasteiger partial charge < -0.3 is 9.47 Å². The molecule has 1 aromatic carbocycles. The van der Waals surface area contributed by atoms with Gasteiger partial charge in [0.1, 0.15) is 17.3 Å². The third-order valence-electron chi connectivity index (χ3n) is 1.42. The molecule has 0 aliphatic rings. The summed E-state index contributed by atoms with van der Waals surface area (Å²) >= 11 is 1.88. The van der Waals surface area contributed by atoms with Crippen LogP contribution in [0.4, 0.5) is 4.39 Å². The van der Waals surface area contributed by atoms with E-state index in [-0.39, 0.29) is 5.82 Å². The molecule has 2 nitrogen and oxygen atoms in total. The maximum Gasteiger partial charge on any atom is 0.143 e. The number of benzene rings is 1. The molecule has 0 saturated heterocycles. The smallest absolute Gasteiger partial charge is 0.143 e. The minimum Gasteiger partial charge on any atom is -0.497 e. The maximum absolute atomic E-state index is 13.0. The molecule has 0 saturated carbocycles. The molecule has 0 unspecified atom stereocenters. The Morgan fingerprint density at radius 2 is 1.92 bits per heavy atom. The molecule has 0 radical (unpaired) electrons. The molecule has 0 bridgehead atoms. The van der Waals surface area contributed by atoms with Gasteiger partial charge in [0.2, 0.25) is 0 Å². The van der Waals surface area contributed by atoms with E-state index in [2.05, 4.69) is 0 Å². The first-order chi connectivity index (χ1) is 5.69. The first-order valence-electron chi connectivity index (χ1n) is 3.26. The molecule has 0 amide bonds. The van der Waals surface area contributed by atoms with Gasteiger partial charge in [-0.1, -0.05) is 0 Å². The third kappa shape index (κ3) is 1.80. The van der Waals surface area contributed by atoms with Crippen LogP contribution in [0.1, 0.15) is 0 Å². The predicted molar refractivity (Wildman–Crippen MR) is 52.2 cm³/mol. The van der Waals surface area contributed by atoms with Gasteiger partial charge in [-0.25, -0.2) is 4.39 Å². The number of hydrogen-bond acceptors (Lipinski definition) is 2. The van der Waals surface area contributed by atoms with Crippen molar-refractivity contribution in [3.05, 3.63) is 21.5 Å². The summed E-state index contributed by atoms with van der Waals surface area (Å²) < 4.78 is 23.3. The zero-order valence-corrected chi connectivity index (χ0v) is 8.88. The largest absolute Gasteiger partial charge is 0.497 e. The van der Waals surface area contributed by atoms with Crippen LogP contribution in [0.15, 0.2) is 12.1 Å². The molecule has 0 spiro atoms. The van der Waals surface area contributed by atoms with Gasteiger partial charge in [0.15, 0.2) is 0 Å². The van der Waals surface area contributed by atoms with Crippen molar-refractivity contribution in [2.45, 2.75) is 0 Å². The second-order valence-electron chi connectivity index (χ2n) is 2.13. The summed E-state index contributed by atoms with van der Waals surface area (Å²) in [5, 5.41) is 0. The van der Waals surface area contributed by atoms with Crippen molar-refractivity contribution in [2.24, 2.45) is 0 Å². The van der Waals surface area contributed by atoms with Gasteiger partial charge in [-0.3, -0.25) is 0 Å². The molecule has 0 aliphatic carbocycles. The molecule has 0 atom stereocenters. The van der Waals surface area contributed by atoms with Crippen LogP contribution in [-0.4, -0.2) is 14.2 Å². The normalized spacial score (nSPS) is 9.67. The zero-order valence-electron chi connectivity index (χ0n) is 6.73. The van der Waals surface area contributed by atoms with Crippen LogP contribution >= 0.6 is 22.6 Å². The van der Waals surface area contributed by atoms with Gasteiger partial charge in [0.05, 0.1) is 17.8 Å². The number of hydrogen-bond donors (Lipinski definition) is 0. The van der Waals surface area contributed by atoms with Crippen LogP contribution in [0.2, 0.25) is 0 Å². The summed E-state index contributed by atoms with van der Waals surface area (Å²) in [7, 11) is 2.98. The SMILES string of the molecule is COc1cc(F)c(I)c(OC)c1. The second kappa shape index (κ2) is 3.93. The molecule has 0 fully saturated rings. The molecule has 66 valence electrons. The number of halogens is 2. The highest BCUT2D eigenvalue weighted by Gasteiger charge is 2.08. The Kier molecular flexibility index (Phi) is 3.13. The van der Waals surface area contributed by atoms with Crippen molar-refractivity contribution in [1.29, 1.82) is 0 Å². The van der Waals surface area contributed by atoms with E-state index in [1.165, 1.54) is 20.3 Å². The van der Waals surface area contributed by atoms with Crippen LogP contribution in [0.3, 0.4) is 0 Å². The van der Waals surface area contributed by atoms with E-state index < -0.39 is 0 Å². The fourth-order valence-corrected chi connectivity index (χ4v) is 1.34. The topological polar surface area (TPSA) is 18.5 Å². The van der Waals surface area contributed by atoms with Crippen LogP contribution in [0.5, 0.6) is 11.5 Å². The lowest BCUT2D eigenvalue weighted by Crippen LogP contribution is -1.92. The minimum atomic E-state index is -0.327. The van der Waals surface area contributed by atoms with Gasteiger partial charge in [-0.2, -0.15) is 0 Å². The highest BCUT2D eigenvalue weighted by atomic mass is 127. The fourth-order valence-electron chi connectivity index (χ4n) is 0.807. The summed E-state index contributed by atoms with van der Waals surface area (Å²) in [6.07, 6.45) is 0. The Balaban J connectivity index is 3.19. The molecule has 1 rings (SSSR count). The summed E-state index contributed by atoms with van der Waals surface area (Å²) in [5.41, 5.74) is 0. The Hall–Kier alpha value is -0.520. The molecular weight excluding hydrogens is 274 g/mol. The predicted octanol–water partition coefficient (Wildman–Crippen LogP) is 2.45. The van der Waals surface area contributed by atoms with Crippen LogP contribution in [0, 0.1) is 9.39 Å². The van der Waals surface area contributed by atoms with Gasteiger partial charge >= 0.3 is 0 Å². The van der Waals surface area contributed by atoms with Gasteiger partial charge in [-0.05, 0) is 22.6 Å². The average molecular weight is 282 g/mol.